The number of phenols is 1. The predicted molar refractivity (Wildman–Crippen MR) is 77.8 cm³/mol. The Labute approximate surface area is 113 Å². The van der Waals surface area contributed by atoms with E-state index >= 15 is 0 Å². The van der Waals surface area contributed by atoms with Crippen molar-refractivity contribution in [1.29, 1.82) is 0 Å². The quantitative estimate of drug-likeness (QED) is 0.858. The van der Waals surface area contributed by atoms with Crippen molar-refractivity contribution in [1.82, 2.24) is 0 Å². The van der Waals surface area contributed by atoms with Gasteiger partial charge in [0.15, 0.2) is 0 Å². The topological polar surface area (TPSA) is 41.5 Å². The first-order chi connectivity index (χ1) is 9.19. The Balaban J connectivity index is 2.10. The molecule has 0 unspecified atom stereocenters. The van der Waals surface area contributed by atoms with E-state index < -0.39 is 0 Å². The van der Waals surface area contributed by atoms with E-state index in [1.165, 1.54) is 5.56 Å². The van der Waals surface area contributed by atoms with Gasteiger partial charge in [-0.2, -0.15) is 0 Å². The maximum absolute atomic E-state index is 9.43. The van der Waals surface area contributed by atoms with Crippen LogP contribution in [0.4, 0.5) is 5.69 Å². The molecule has 2 rings (SSSR count). The van der Waals surface area contributed by atoms with Crippen molar-refractivity contribution in [2.24, 2.45) is 0 Å². The van der Waals surface area contributed by atoms with Crippen LogP contribution in [0, 0.1) is 6.92 Å². The second-order valence-corrected chi connectivity index (χ2v) is 4.46. The molecule has 100 valence electrons. The molecule has 3 heteroatoms. The van der Waals surface area contributed by atoms with E-state index in [1.807, 2.05) is 44.2 Å². The number of hydrogen-bond donors (Lipinski definition) is 2. The Morgan fingerprint density at radius 2 is 2.00 bits per heavy atom. The van der Waals surface area contributed by atoms with Crippen molar-refractivity contribution in [3.05, 3.63) is 53.6 Å². The number of rotatable bonds is 5. The zero-order chi connectivity index (χ0) is 13.7. The second-order valence-electron chi connectivity index (χ2n) is 4.46. The molecule has 0 aromatic heterocycles. The first-order valence-corrected chi connectivity index (χ1v) is 6.44. The Kier molecular flexibility index (Phi) is 4.29. The normalized spacial score (nSPS) is 10.2. The molecule has 19 heavy (non-hydrogen) atoms. The highest BCUT2D eigenvalue weighted by Gasteiger charge is 2.03. The third kappa shape index (κ3) is 3.65. The average Bonchev–Trinajstić information content (AvgIpc) is 2.38. The van der Waals surface area contributed by atoms with Crippen LogP contribution in [0.25, 0.3) is 0 Å². The number of nitrogens with one attached hydrogen (secondary N) is 1. The van der Waals surface area contributed by atoms with E-state index in [9.17, 15) is 5.11 Å². The van der Waals surface area contributed by atoms with Crippen LogP contribution in [0.15, 0.2) is 42.5 Å². The minimum Gasteiger partial charge on any atom is -0.508 e. The molecule has 0 radical (unpaired) electrons. The summed E-state index contributed by atoms with van der Waals surface area (Å²) in [7, 11) is 0. The molecule has 0 saturated carbocycles. The number of hydrogen-bond acceptors (Lipinski definition) is 3. The van der Waals surface area contributed by atoms with Gasteiger partial charge < -0.3 is 15.2 Å². The third-order valence-electron chi connectivity index (χ3n) is 2.83. The Hall–Kier alpha value is -2.16. The third-order valence-corrected chi connectivity index (χ3v) is 2.83. The van der Waals surface area contributed by atoms with Gasteiger partial charge >= 0.3 is 0 Å². The van der Waals surface area contributed by atoms with Gasteiger partial charge in [-0.25, -0.2) is 0 Å². The molecule has 2 aromatic rings. The lowest BCUT2D eigenvalue weighted by molar-refractivity contribution is 0.341. The van der Waals surface area contributed by atoms with Gasteiger partial charge in [0.2, 0.25) is 0 Å². The molecule has 0 aliphatic carbocycles. The molecule has 0 bridgehead atoms. The lowest BCUT2D eigenvalue weighted by Crippen LogP contribution is -2.03. The fraction of sp³-hybridized carbons (Fsp3) is 0.250. The van der Waals surface area contributed by atoms with E-state index in [0.29, 0.717) is 13.2 Å². The van der Waals surface area contributed by atoms with Crippen LogP contribution in [0.3, 0.4) is 0 Å². The van der Waals surface area contributed by atoms with Gasteiger partial charge in [0.1, 0.15) is 11.5 Å². The molecule has 0 aliphatic rings. The molecule has 0 amide bonds. The van der Waals surface area contributed by atoms with Crippen LogP contribution in [0.1, 0.15) is 18.1 Å². The monoisotopic (exact) mass is 257 g/mol. The number of anilines is 1. The molecule has 2 aromatic carbocycles. The van der Waals surface area contributed by atoms with Crippen LogP contribution in [-0.4, -0.2) is 11.7 Å². The molecular formula is C16H19NO2. The van der Waals surface area contributed by atoms with Gasteiger partial charge in [-0.15, -0.1) is 0 Å². The summed E-state index contributed by atoms with van der Waals surface area (Å²) in [6.07, 6.45) is 0. The zero-order valence-electron chi connectivity index (χ0n) is 11.3. The SMILES string of the molecule is CCOc1cc(C)ccc1NCc1cccc(O)c1. The molecule has 0 atom stereocenters. The summed E-state index contributed by atoms with van der Waals surface area (Å²) in [6.45, 7) is 5.31. The van der Waals surface area contributed by atoms with E-state index in [-0.39, 0.29) is 5.75 Å². The molecule has 0 heterocycles. The van der Waals surface area contributed by atoms with Crippen molar-refractivity contribution in [2.45, 2.75) is 20.4 Å². The molecule has 2 N–H and O–H groups in total. The molecular weight excluding hydrogens is 238 g/mol. The predicted octanol–water partition coefficient (Wildman–Crippen LogP) is 3.71. The average molecular weight is 257 g/mol. The second kappa shape index (κ2) is 6.14. The highest BCUT2D eigenvalue weighted by molar-refractivity contribution is 5.58. The zero-order valence-corrected chi connectivity index (χ0v) is 11.3. The van der Waals surface area contributed by atoms with E-state index in [4.69, 9.17) is 4.74 Å². The largest absolute Gasteiger partial charge is 0.508 e. The van der Waals surface area contributed by atoms with Gasteiger partial charge in [-0.1, -0.05) is 18.2 Å². The molecule has 0 aliphatic heterocycles. The molecule has 0 fully saturated rings. The summed E-state index contributed by atoms with van der Waals surface area (Å²) in [4.78, 5) is 0. The smallest absolute Gasteiger partial charge is 0.142 e. The van der Waals surface area contributed by atoms with Crippen molar-refractivity contribution in [2.75, 3.05) is 11.9 Å². The summed E-state index contributed by atoms with van der Waals surface area (Å²) in [6, 6.07) is 13.3. The van der Waals surface area contributed by atoms with Gasteiger partial charge in [0.25, 0.3) is 0 Å². The Morgan fingerprint density at radius 3 is 2.74 bits per heavy atom. The minimum absolute atomic E-state index is 0.285. The number of ether oxygens (including phenoxy) is 1. The van der Waals surface area contributed by atoms with Gasteiger partial charge in [-0.3, -0.25) is 0 Å². The molecule has 3 nitrogen and oxygen atoms in total. The summed E-state index contributed by atoms with van der Waals surface area (Å²) in [5.41, 5.74) is 3.17. The number of phenolic OH excluding ortho intramolecular Hbond substituents is 1. The maximum atomic E-state index is 9.43. The van der Waals surface area contributed by atoms with Gasteiger partial charge in [0.05, 0.1) is 12.3 Å². The van der Waals surface area contributed by atoms with Crippen LogP contribution < -0.4 is 10.1 Å². The number of aromatic hydroxyl groups is 1. The summed E-state index contributed by atoms with van der Waals surface area (Å²) in [5.74, 6) is 1.15. The molecule has 0 spiro atoms. The fourth-order valence-corrected chi connectivity index (χ4v) is 1.91. The Bertz CT molecular complexity index is 552. The first kappa shape index (κ1) is 13.3. The summed E-state index contributed by atoms with van der Waals surface area (Å²) < 4.78 is 5.62. The van der Waals surface area contributed by atoms with Crippen LogP contribution in [-0.2, 0) is 6.54 Å². The number of benzene rings is 2. The highest BCUT2D eigenvalue weighted by atomic mass is 16.5. The van der Waals surface area contributed by atoms with E-state index in [0.717, 1.165) is 17.0 Å². The van der Waals surface area contributed by atoms with Crippen molar-refractivity contribution >= 4 is 5.69 Å². The fourth-order valence-electron chi connectivity index (χ4n) is 1.91. The minimum atomic E-state index is 0.285. The maximum Gasteiger partial charge on any atom is 0.142 e. The van der Waals surface area contributed by atoms with Crippen LogP contribution >= 0.6 is 0 Å². The summed E-state index contributed by atoms with van der Waals surface area (Å²) >= 11 is 0. The van der Waals surface area contributed by atoms with Gasteiger partial charge in [-0.05, 0) is 49.2 Å². The lowest BCUT2D eigenvalue weighted by Gasteiger charge is -2.13. The van der Waals surface area contributed by atoms with Gasteiger partial charge in [0, 0.05) is 6.54 Å². The number of aryl methyl sites for hydroxylation is 1. The van der Waals surface area contributed by atoms with Crippen molar-refractivity contribution in [3.8, 4) is 11.5 Å². The van der Waals surface area contributed by atoms with Crippen molar-refractivity contribution in [3.63, 3.8) is 0 Å². The molecule has 0 saturated heterocycles. The van der Waals surface area contributed by atoms with E-state index in [1.54, 1.807) is 12.1 Å². The van der Waals surface area contributed by atoms with Crippen LogP contribution in [0.5, 0.6) is 11.5 Å². The summed E-state index contributed by atoms with van der Waals surface area (Å²) in [5, 5.41) is 12.8. The Morgan fingerprint density at radius 1 is 1.16 bits per heavy atom. The highest BCUT2D eigenvalue weighted by Crippen LogP contribution is 2.26. The van der Waals surface area contributed by atoms with E-state index in [2.05, 4.69) is 5.32 Å². The standard InChI is InChI=1S/C16H19NO2/c1-3-19-16-9-12(2)7-8-15(16)17-11-13-5-4-6-14(18)10-13/h4-10,17-18H,3,11H2,1-2H3. The first-order valence-electron chi connectivity index (χ1n) is 6.44. The van der Waals surface area contributed by atoms with Crippen molar-refractivity contribution < 1.29 is 9.84 Å². The van der Waals surface area contributed by atoms with Crippen LogP contribution in [0.2, 0.25) is 0 Å². The lowest BCUT2D eigenvalue weighted by atomic mass is 10.2.